The lowest BCUT2D eigenvalue weighted by atomic mass is 9.99. The fraction of sp³-hybridized carbons (Fsp3) is 0. The van der Waals surface area contributed by atoms with Gasteiger partial charge in [-0.05, 0) is 81.2 Å². The molecule has 0 aliphatic rings. The molecule has 2 aromatic heterocycles. The lowest BCUT2D eigenvalue weighted by Crippen LogP contribution is -2.01. The molecule has 2 heterocycles. The monoisotopic (exact) mass is 650 g/mol. The van der Waals surface area contributed by atoms with Crippen LogP contribution in [0.5, 0.6) is 0 Å². The predicted molar refractivity (Wildman–Crippen MR) is 211 cm³/mol. The van der Waals surface area contributed by atoms with Gasteiger partial charge in [0.25, 0.3) is 0 Å². The molecule has 0 radical (unpaired) electrons. The molecule has 0 unspecified atom stereocenters. The molecule has 51 heavy (non-hydrogen) atoms. The second kappa shape index (κ2) is 11.9. The zero-order valence-electron chi connectivity index (χ0n) is 27.6. The summed E-state index contributed by atoms with van der Waals surface area (Å²) in [6, 6.07) is 64.0. The fourth-order valence-electron chi connectivity index (χ4n) is 7.32. The van der Waals surface area contributed by atoms with Gasteiger partial charge in [-0.1, -0.05) is 133 Å². The van der Waals surface area contributed by atoms with Crippen molar-refractivity contribution < 1.29 is 0 Å². The van der Waals surface area contributed by atoms with Crippen molar-refractivity contribution in [2.24, 2.45) is 0 Å². The second-order valence-electron chi connectivity index (χ2n) is 12.9. The van der Waals surface area contributed by atoms with Gasteiger partial charge in [0.2, 0.25) is 0 Å². The average Bonchev–Trinajstić information content (AvgIpc) is 3.53. The number of nitrogens with zero attached hydrogens (tertiary/aromatic N) is 4. The molecule has 4 heteroatoms. The third kappa shape index (κ3) is 5.04. The SMILES string of the molecule is c1ccc(-c2ccccc2-c2nc(-c3ccc(-n4c5ccccc5c5cc6ccccc6cc54)cc3)nc(-c3ccc4ccccc4c3)n2)cc1. The van der Waals surface area contributed by atoms with Gasteiger partial charge in [-0.3, -0.25) is 0 Å². The van der Waals surface area contributed by atoms with Crippen molar-refractivity contribution in [1.29, 1.82) is 0 Å². The standard InChI is InChI=1S/C47H30N4/c1-2-13-32(14-3-1)39-18-8-9-20-41(39)47-49-45(48-46(50-47)37-23-22-31-12-4-5-15-34(31)28-37)33-24-26-38(27-25-33)51-43-21-11-10-19-40(43)42-29-35-16-6-7-17-36(35)30-44(42)51/h1-30H. The molecule has 0 atom stereocenters. The minimum atomic E-state index is 0.630. The lowest BCUT2D eigenvalue weighted by Gasteiger charge is -2.13. The summed E-state index contributed by atoms with van der Waals surface area (Å²) in [7, 11) is 0. The van der Waals surface area contributed by atoms with E-state index in [-0.39, 0.29) is 0 Å². The maximum absolute atomic E-state index is 5.15. The zero-order valence-corrected chi connectivity index (χ0v) is 27.6. The van der Waals surface area contributed by atoms with Crippen LogP contribution in [0.1, 0.15) is 0 Å². The Morgan fingerprint density at radius 3 is 1.67 bits per heavy atom. The van der Waals surface area contributed by atoms with Gasteiger partial charge in [0.05, 0.1) is 11.0 Å². The van der Waals surface area contributed by atoms with Crippen molar-refractivity contribution in [3.8, 4) is 51.0 Å². The maximum Gasteiger partial charge on any atom is 0.164 e. The first-order valence-electron chi connectivity index (χ1n) is 17.2. The highest BCUT2D eigenvalue weighted by atomic mass is 15.0. The summed E-state index contributed by atoms with van der Waals surface area (Å²) < 4.78 is 2.36. The van der Waals surface area contributed by atoms with E-state index >= 15 is 0 Å². The fourth-order valence-corrected chi connectivity index (χ4v) is 7.32. The molecule has 10 rings (SSSR count). The summed E-state index contributed by atoms with van der Waals surface area (Å²) in [5.74, 6) is 1.91. The van der Waals surface area contributed by atoms with E-state index in [1.807, 2.05) is 12.1 Å². The Bertz CT molecular complexity index is 2910. The Labute approximate surface area is 295 Å². The number of para-hydroxylation sites is 1. The number of benzene rings is 8. The molecule has 0 N–H and O–H groups in total. The van der Waals surface area contributed by atoms with Crippen molar-refractivity contribution in [2.45, 2.75) is 0 Å². The smallest absolute Gasteiger partial charge is 0.164 e. The summed E-state index contributed by atoms with van der Waals surface area (Å²) in [4.78, 5) is 15.4. The second-order valence-corrected chi connectivity index (χ2v) is 12.9. The van der Waals surface area contributed by atoms with E-state index in [0.29, 0.717) is 17.5 Å². The first-order valence-corrected chi connectivity index (χ1v) is 17.2. The Morgan fingerprint density at radius 2 is 0.882 bits per heavy atom. The molecule has 0 spiro atoms. The van der Waals surface area contributed by atoms with Gasteiger partial charge in [0.1, 0.15) is 0 Å². The number of hydrogen-bond acceptors (Lipinski definition) is 3. The molecule has 4 nitrogen and oxygen atoms in total. The van der Waals surface area contributed by atoms with Crippen molar-refractivity contribution in [1.82, 2.24) is 19.5 Å². The largest absolute Gasteiger partial charge is 0.309 e. The first-order chi connectivity index (χ1) is 25.3. The van der Waals surface area contributed by atoms with Gasteiger partial charge >= 0.3 is 0 Å². The highest BCUT2D eigenvalue weighted by Crippen LogP contribution is 2.36. The van der Waals surface area contributed by atoms with Crippen LogP contribution in [0.3, 0.4) is 0 Å². The highest BCUT2D eigenvalue weighted by molar-refractivity contribution is 6.13. The molecule has 0 amide bonds. The lowest BCUT2D eigenvalue weighted by molar-refractivity contribution is 1.07. The number of hydrogen-bond donors (Lipinski definition) is 0. The number of fused-ring (bicyclic) bond motifs is 5. The van der Waals surface area contributed by atoms with Crippen molar-refractivity contribution in [3.05, 3.63) is 182 Å². The Morgan fingerprint density at radius 1 is 0.314 bits per heavy atom. The quantitative estimate of drug-likeness (QED) is 0.186. The van der Waals surface area contributed by atoms with Gasteiger partial charge in [-0.2, -0.15) is 0 Å². The van der Waals surface area contributed by atoms with Crippen molar-refractivity contribution >= 4 is 43.4 Å². The van der Waals surface area contributed by atoms with E-state index in [1.54, 1.807) is 0 Å². The summed E-state index contributed by atoms with van der Waals surface area (Å²) >= 11 is 0. The van der Waals surface area contributed by atoms with Crippen LogP contribution in [0.4, 0.5) is 0 Å². The number of aromatic nitrogens is 4. The first kappa shape index (κ1) is 29.0. The molecule has 0 saturated heterocycles. The molecule has 8 aromatic carbocycles. The van der Waals surface area contributed by atoms with Crippen LogP contribution in [-0.4, -0.2) is 19.5 Å². The summed E-state index contributed by atoms with van der Waals surface area (Å²) in [5, 5.41) is 7.27. The van der Waals surface area contributed by atoms with E-state index < -0.39 is 0 Å². The maximum atomic E-state index is 5.15. The van der Waals surface area contributed by atoms with E-state index in [0.717, 1.165) is 38.9 Å². The molecule has 0 bridgehead atoms. The van der Waals surface area contributed by atoms with E-state index in [9.17, 15) is 0 Å². The normalized spacial score (nSPS) is 11.5. The average molecular weight is 651 g/mol. The molecule has 0 fully saturated rings. The van der Waals surface area contributed by atoms with E-state index in [1.165, 1.54) is 38.0 Å². The van der Waals surface area contributed by atoms with Crippen molar-refractivity contribution in [2.75, 3.05) is 0 Å². The van der Waals surface area contributed by atoms with Gasteiger partial charge in [0, 0.05) is 33.2 Å². The van der Waals surface area contributed by atoms with Crippen LogP contribution < -0.4 is 0 Å². The third-order valence-electron chi connectivity index (χ3n) is 9.82. The zero-order chi connectivity index (χ0) is 33.7. The minimum Gasteiger partial charge on any atom is -0.309 e. The van der Waals surface area contributed by atoms with Crippen molar-refractivity contribution in [3.63, 3.8) is 0 Å². The summed E-state index contributed by atoms with van der Waals surface area (Å²) in [6.07, 6.45) is 0. The topological polar surface area (TPSA) is 43.6 Å². The molecule has 0 aliphatic heterocycles. The van der Waals surface area contributed by atoms with Crippen LogP contribution in [-0.2, 0) is 0 Å². The molecule has 0 aliphatic carbocycles. The van der Waals surface area contributed by atoms with E-state index in [4.69, 9.17) is 15.0 Å². The van der Waals surface area contributed by atoms with Crippen LogP contribution in [0, 0.1) is 0 Å². The van der Waals surface area contributed by atoms with E-state index in [2.05, 4.69) is 174 Å². The Kier molecular flexibility index (Phi) is 6.78. The van der Waals surface area contributed by atoms with Gasteiger partial charge < -0.3 is 4.57 Å². The predicted octanol–water partition coefficient (Wildman–Crippen LogP) is 11.9. The van der Waals surface area contributed by atoms with Crippen LogP contribution in [0.2, 0.25) is 0 Å². The van der Waals surface area contributed by atoms with Crippen LogP contribution >= 0.6 is 0 Å². The molecule has 10 aromatic rings. The van der Waals surface area contributed by atoms with Gasteiger partial charge in [0.15, 0.2) is 17.5 Å². The molecular formula is C47H30N4. The number of rotatable bonds is 5. The summed E-state index contributed by atoms with van der Waals surface area (Å²) in [5.41, 5.74) is 8.47. The molecular weight excluding hydrogens is 621 g/mol. The molecule has 0 saturated carbocycles. The van der Waals surface area contributed by atoms with Gasteiger partial charge in [-0.25, -0.2) is 15.0 Å². The highest BCUT2D eigenvalue weighted by Gasteiger charge is 2.17. The molecule has 238 valence electrons. The minimum absolute atomic E-state index is 0.630. The van der Waals surface area contributed by atoms with Crippen LogP contribution in [0.25, 0.3) is 94.3 Å². The Balaban J connectivity index is 1.14. The van der Waals surface area contributed by atoms with Gasteiger partial charge in [-0.15, -0.1) is 0 Å². The third-order valence-corrected chi connectivity index (χ3v) is 9.82. The summed E-state index contributed by atoms with van der Waals surface area (Å²) in [6.45, 7) is 0. The van der Waals surface area contributed by atoms with Crippen LogP contribution in [0.15, 0.2) is 182 Å². The Hall–Kier alpha value is -6.91.